The van der Waals surface area contributed by atoms with Gasteiger partial charge in [0.05, 0.1) is 34.9 Å². The number of carbonyl (C=O) groups is 3. The van der Waals surface area contributed by atoms with Gasteiger partial charge in [0.25, 0.3) is 0 Å². The molecule has 2 saturated carbocycles. The van der Waals surface area contributed by atoms with Crippen molar-refractivity contribution < 1.29 is 37.8 Å². The molecule has 3 amide bonds. The van der Waals surface area contributed by atoms with E-state index in [-0.39, 0.29) is 31.2 Å². The average Bonchev–Trinajstić information content (AvgIpc) is 3.81. The third-order valence-corrected chi connectivity index (χ3v) is 12.8. The third kappa shape index (κ3) is 12.6. The Hall–Kier alpha value is -3.49. The molecule has 0 saturated heterocycles. The molecule has 4 rings (SSSR count). The number of rotatable bonds is 18. The zero-order valence-corrected chi connectivity index (χ0v) is 32.1. The van der Waals surface area contributed by atoms with Crippen LogP contribution in [0.5, 0.6) is 0 Å². The van der Waals surface area contributed by atoms with Crippen LogP contribution in [0.25, 0.3) is 0 Å². The summed E-state index contributed by atoms with van der Waals surface area (Å²) < 4.78 is 31.7. The maximum absolute atomic E-state index is 14.2. The first-order valence-electron chi connectivity index (χ1n) is 18.6. The lowest BCUT2D eigenvalue weighted by Gasteiger charge is -2.33. The molecule has 6 N–H and O–H groups in total. The van der Waals surface area contributed by atoms with E-state index >= 15 is 0 Å². The van der Waals surface area contributed by atoms with E-state index in [0.717, 1.165) is 50.5 Å². The quantitative estimate of drug-likeness (QED) is 0.132. The van der Waals surface area contributed by atoms with Crippen molar-refractivity contribution in [3.63, 3.8) is 0 Å². The Bertz CT molecular complexity index is 1550. The molecule has 1 aromatic heterocycles. The normalized spacial score (nSPS) is 18.8. The van der Waals surface area contributed by atoms with Crippen LogP contribution in [0, 0.1) is 17.8 Å². The molecule has 0 bridgehead atoms. The molecule has 0 aliphatic heterocycles. The van der Waals surface area contributed by atoms with Crippen molar-refractivity contribution in [3.05, 3.63) is 54.1 Å². The molecule has 14 heteroatoms. The van der Waals surface area contributed by atoms with Crippen molar-refractivity contribution in [1.29, 1.82) is 0 Å². The molecule has 2 aliphatic carbocycles. The van der Waals surface area contributed by atoms with Crippen LogP contribution < -0.4 is 16.0 Å². The van der Waals surface area contributed by atoms with Crippen LogP contribution in [-0.2, 0) is 37.0 Å². The molecule has 0 unspecified atom stereocenters. The number of benzene rings is 1. The number of alkyl carbamates (subject to hydrolysis) is 1. The summed E-state index contributed by atoms with van der Waals surface area (Å²) in [5.41, 5.74) is 0.543. The molecule has 290 valence electrons. The van der Waals surface area contributed by atoms with Gasteiger partial charge in [0.1, 0.15) is 17.7 Å². The van der Waals surface area contributed by atoms with Crippen LogP contribution in [0.1, 0.15) is 97.2 Å². The molecule has 0 radical (unpaired) electrons. The number of ether oxygens (including phenoxy) is 1. The van der Waals surface area contributed by atoms with Gasteiger partial charge in [-0.05, 0) is 77.7 Å². The van der Waals surface area contributed by atoms with Gasteiger partial charge in [0.2, 0.25) is 11.8 Å². The number of aliphatic hydroxyl groups is 2. The first-order valence-corrected chi connectivity index (χ1v) is 20.3. The predicted octanol–water partition coefficient (Wildman–Crippen LogP) is 3.60. The smallest absolute Gasteiger partial charge is 0.407 e. The molecular weight excluding hydrogens is 687 g/mol. The van der Waals surface area contributed by atoms with Gasteiger partial charge in [0, 0.05) is 24.9 Å². The SMILES string of the molecule is CC(C)(C)OC(=O)NCC(C)(C)S(=O)(=O)C[C@@H](Cc1ccccc1)C(=O)N[C@@H](Cc1cnc[nH]1)C(=O)N[C@@H](CC1CCCCC1)[C@@H](O)[C@@H](O)C1CC1. The number of nitrogens with zero attached hydrogens (tertiary/aromatic N) is 1. The molecule has 0 spiro atoms. The number of hydrogen-bond acceptors (Lipinski definition) is 9. The minimum atomic E-state index is -4.04. The Balaban J connectivity index is 1.55. The summed E-state index contributed by atoms with van der Waals surface area (Å²) in [5, 5.41) is 30.6. The summed E-state index contributed by atoms with van der Waals surface area (Å²) in [6.07, 6.45) is 7.63. The highest BCUT2D eigenvalue weighted by molar-refractivity contribution is 7.92. The molecule has 2 aromatic rings. The van der Waals surface area contributed by atoms with Crippen molar-refractivity contribution in [1.82, 2.24) is 25.9 Å². The number of nitrogens with one attached hydrogen (secondary N) is 4. The average molecular weight is 746 g/mol. The van der Waals surface area contributed by atoms with Crippen LogP contribution in [0.4, 0.5) is 4.79 Å². The molecule has 13 nitrogen and oxygen atoms in total. The number of imidazole rings is 1. The molecule has 1 heterocycles. The molecular formula is C38H59N5O8S. The van der Waals surface area contributed by atoms with Crippen molar-refractivity contribution in [2.24, 2.45) is 17.8 Å². The van der Waals surface area contributed by atoms with Gasteiger partial charge in [-0.1, -0.05) is 62.4 Å². The van der Waals surface area contributed by atoms with Gasteiger partial charge in [-0.25, -0.2) is 18.2 Å². The highest BCUT2D eigenvalue weighted by atomic mass is 32.2. The maximum Gasteiger partial charge on any atom is 0.407 e. The molecule has 2 fully saturated rings. The van der Waals surface area contributed by atoms with E-state index in [4.69, 9.17) is 4.74 Å². The number of aromatic amines is 1. The monoisotopic (exact) mass is 745 g/mol. The third-order valence-electron chi connectivity index (χ3n) is 10.1. The first kappa shape index (κ1) is 41.3. The molecule has 5 atom stereocenters. The lowest BCUT2D eigenvalue weighted by molar-refractivity contribution is -0.132. The van der Waals surface area contributed by atoms with Gasteiger partial charge < -0.3 is 35.9 Å². The van der Waals surface area contributed by atoms with E-state index in [1.165, 1.54) is 20.2 Å². The fourth-order valence-electron chi connectivity index (χ4n) is 6.74. The highest BCUT2D eigenvalue weighted by Crippen LogP contribution is 2.36. The van der Waals surface area contributed by atoms with Crippen LogP contribution in [0.3, 0.4) is 0 Å². The lowest BCUT2D eigenvalue weighted by atomic mass is 9.82. The van der Waals surface area contributed by atoms with E-state index in [1.807, 2.05) is 6.07 Å². The van der Waals surface area contributed by atoms with Crippen LogP contribution in [0.2, 0.25) is 0 Å². The molecule has 52 heavy (non-hydrogen) atoms. The summed E-state index contributed by atoms with van der Waals surface area (Å²) in [7, 11) is -4.04. The highest BCUT2D eigenvalue weighted by Gasteiger charge is 2.42. The number of sulfone groups is 1. The van der Waals surface area contributed by atoms with Gasteiger partial charge in [-0.3, -0.25) is 9.59 Å². The summed E-state index contributed by atoms with van der Waals surface area (Å²) >= 11 is 0. The van der Waals surface area contributed by atoms with Crippen molar-refractivity contribution in [3.8, 4) is 0 Å². The minimum Gasteiger partial charge on any atom is -0.444 e. The Morgan fingerprint density at radius 2 is 1.62 bits per heavy atom. The van der Waals surface area contributed by atoms with Crippen LogP contribution in [0.15, 0.2) is 42.9 Å². The predicted molar refractivity (Wildman–Crippen MR) is 198 cm³/mol. The van der Waals surface area contributed by atoms with Crippen molar-refractivity contribution >= 4 is 27.7 Å². The van der Waals surface area contributed by atoms with E-state index in [0.29, 0.717) is 12.1 Å². The van der Waals surface area contributed by atoms with Crippen molar-refractivity contribution in [2.45, 2.75) is 133 Å². The zero-order chi connectivity index (χ0) is 38.1. The van der Waals surface area contributed by atoms with Crippen molar-refractivity contribution in [2.75, 3.05) is 12.3 Å². The lowest BCUT2D eigenvalue weighted by Crippen LogP contribution is -2.57. The van der Waals surface area contributed by atoms with Gasteiger partial charge >= 0.3 is 6.09 Å². The van der Waals surface area contributed by atoms with E-state index in [1.54, 1.807) is 51.2 Å². The summed E-state index contributed by atoms with van der Waals surface area (Å²) in [5.74, 6) is -2.55. The Morgan fingerprint density at radius 3 is 2.21 bits per heavy atom. The van der Waals surface area contributed by atoms with Gasteiger partial charge in [-0.15, -0.1) is 0 Å². The number of hydrogen-bond donors (Lipinski definition) is 6. The van der Waals surface area contributed by atoms with Gasteiger partial charge in [-0.2, -0.15) is 0 Å². The van der Waals surface area contributed by atoms with Gasteiger partial charge in [0.15, 0.2) is 9.84 Å². The number of aromatic nitrogens is 2. The molecule has 1 aromatic carbocycles. The second kappa shape index (κ2) is 18.0. The number of carbonyl (C=O) groups excluding carboxylic acids is 3. The van der Waals surface area contributed by atoms with E-state index in [2.05, 4.69) is 25.9 Å². The van der Waals surface area contributed by atoms with Crippen LogP contribution in [-0.4, -0.2) is 93.4 Å². The summed E-state index contributed by atoms with van der Waals surface area (Å²) in [6, 6.07) is 7.16. The van der Waals surface area contributed by atoms with Crippen LogP contribution >= 0.6 is 0 Å². The minimum absolute atomic E-state index is 0.00877. The first-order chi connectivity index (χ1) is 24.4. The topological polar surface area (TPSA) is 200 Å². The van der Waals surface area contributed by atoms with E-state index in [9.17, 15) is 33.0 Å². The molecule has 2 aliphatic rings. The Morgan fingerprint density at radius 1 is 0.942 bits per heavy atom. The Kier molecular flexibility index (Phi) is 14.3. The number of H-pyrrole nitrogens is 1. The largest absolute Gasteiger partial charge is 0.444 e. The van der Waals surface area contributed by atoms with E-state index < -0.39 is 74.1 Å². The Labute approximate surface area is 308 Å². The fourth-order valence-corrected chi connectivity index (χ4v) is 8.29. The second-order valence-electron chi connectivity index (χ2n) is 16.3. The zero-order valence-electron chi connectivity index (χ0n) is 31.3. The number of aliphatic hydroxyl groups excluding tert-OH is 2. The summed E-state index contributed by atoms with van der Waals surface area (Å²) in [6.45, 7) is 7.85. The standard InChI is InChI=1S/C38H59N5O8S/c1-37(2,3)51-36(48)40-23-38(4,5)52(49,50)22-28(18-25-12-8-6-9-13-25)34(46)43-31(20-29-21-39-24-41-29)35(47)42-30(19-26-14-10-7-11-15-26)33(45)32(44)27-16-17-27/h6,8-9,12-13,21,24,26-28,30-33,44-45H,7,10-11,14-20,22-23H2,1-5H3,(H,39,41)(H,40,48)(H,42,47)(H,43,46)/t28-,30+,31+,32+,33-/m1/s1. The fraction of sp³-hybridized carbons (Fsp3) is 0.684. The maximum atomic E-state index is 14.2. The second-order valence-corrected chi connectivity index (χ2v) is 19.0. The summed E-state index contributed by atoms with van der Waals surface area (Å²) in [4.78, 5) is 47.7. The number of amides is 3.